The second-order valence-electron chi connectivity index (χ2n) is 9.09. The summed E-state index contributed by atoms with van der Waals surface area (Å²) in [5, 5.41) is 6.43. The van der Waals surface area contributed by atoms with Crippen LogP contribution < -0.4 is 10.6 Å². The molecule has 2 atom stereocenters. The zero-order chi connectivity index (χ0) is 24.1. The number of hydrogen-bond donors (Lipinski definition) is 2. The Morgan fingerprint density at radius 2 is 1.97 bits per heavy atom. The molecule has 0 bridgehead atoms. The van der Waals surface area contributed by atoms with Crippen molar-refractivity contribution in [3.8, 4) is 11.1 Å². The Balaban J connectivity index is 1.39. The number of hydrogen-bond acceptors (Lipinski definition) is 5. The number of halogens is 4. The molecule has 0 saturated carbocycles. The summed E-state index contributed by atoms with van der Waals surface area (Å²) in [7, 11) is 0. The first-order valence-electron chi connectivity index (χ1n) is 11.7. The number of benzene rings is 1. The summed E-state index contributed by atoms with van der Waals surface area (Å²) >= 11 is 6.43. The van der Waals surface area contributed by atoms with Crippen molar-refractivity contribution >= 4 is 23.1 Å². The Hall–Kier alpha value is -2.16. The van der Waals surface area contributed by atoms with Crippen LogP contribution in [0.3, 0.4) is 0 Å². The molecule has 0 radical (unpaired) electrons. The number of nitrogens with one attached hydrogen (secondary N) is 2. The molecule has 1 aromatic heterocycles. The van der Waals surface area contributed by atoms with E-state index in [4.69, 9.17) is 16.3 Å². The largest absolute Gasteiger partial charge is 0.403 e. The van der Waals surface area contributed by atoms with Crippen LogP contribution in [0.2, 0.25) is 5.02 Å². The molecule has 2 saturated heterocycles. The molecule has 34 heavy (non-hydrogen) atoms. The van der Waals surface area contributed by atoms with Gasteiger partial charge in [0.25, 0.3) is 0 Å². The molecule has 2 fully saturated rings. The SMILES string of the molecule is O=C(Cc1cc(-c2cccc(NCC3CCOCC3)c2)c(Cl)cn1)[C@@H]1CC[C@@H](C(F)(F)F)NC1. The van der Waals surface area contributed by atoms with Crippen LogP contribution in [0, 0.1) is 11.8 Å². The molecule has 3 heterocycles. The van der Waals surface area contributed by atoms with E-state index in [2.05, 4.69) is 15.6 Å². The number of alkyl halides is 3. The van der Waals surface area contributed by atoms with E-state index in [0.29, 0.717) is 16.6 Å². The van der Waals surface area contributed by atoms with Crippen LogP contribution in [0.25, 0.3) is 11.1 Å². The molecule has 184 valence electrons. The lowest BCUT2D eigenvalue weighted by Gasteiger charge is -2.30. The first-order valence-corrected chi connectivity index (χ1v) is 12.1. The molecule has 5 nitrogen and oxygen atoms in total. The third kappa shape index (κ3) is 6.49. The lowest BCUT2D eigenvalue weighted by Crippen LogP contribution is -2.49. The average molecular weight is 496 g/mol. The van der Waals surface area contributed by atoms with Gasteiger partial charge in [0.2, 0.25) is 0 Å². The van der Waals surface area contributed by atoms with Crippen LogP contribution in [-0.4, -0.2) is 49.3 Å². The summed E-state index contributed by atoms with van der Waals surface area (Å²) in [4.78, 5) is 17.0. The van der Waals surface area contributed by atoms with Gasteiger partial charge in [-0.1, -0.05) is 23.7 Å². The summed E-state index contributed by atoms with van der Waals surface area (Å²) in [6.07, 6.45) is -0.463. The van der Waals surface area contributed by atoms with E-state index >= 15 is 0 Å². The quantitative estimate of drug-likeness (QED) is 0.547. The van der Waals surface area contributed by atoms with Crippen molar-refractivity contribution in [1.82, 2.24) is 10.3 Å². The van der Waals surface area contributed by atoms with Crippen molar-refractivity contribution in [3.63, 3.8) is 0 Å². The number of aromatic nitrogens is 1. The van der Waals surface area contributed by atoms with E-state index < -0.39 is 18.1 Å². The van der Waals surface area contributed by atoms with Gasteiger partial charge < -0.3 is 15.4 Å². The minimum absolute atomic E-state index is 0.0320. The normalized spacial score (nSPS) is 21.9. The smallest absolute Gasteiger partial charge is 0.385 e. The van der Waals surface area contributed by atoms with E-state index in [-0.39, 0.29) is 31.6 Å². The Morgan fingerprint density at radius 1 is 1.18 bits per heavy atom. The highest BCUT2D eigenvalue weighted by Gasteiger charge is 2.42. The Labute approximate surface area is 202 Å². The number of rotatable bonds is 7. The van der Waals surface area contributed by atoms with Crippen molar-refractivity contribution in [1.29, 1.82) is 0 Å². The second kappa shape index (κ2) is 11.1. The molecular weight excluding hydrogens is 467 g/mol. The number of nitrogens with zero attached hydrogens (tertiary/aromatic N) is 1. The van der Waals surface area contributed by atoms with Gasteiger partial charge in [-0.2, -0.15) is 13.2 Å². The number of Topliss-reactive ketones (excluding diaryl/α,β-unsaturated/α-hetero) is 1. The van der Waals surface area contributed by atoms with E-state index in [0.717, 1.165) is 49.4 Å². The first kappa shape index (κ1) is 24.9. The van der Waals surface area contributed by atoms with Gasteiger partial charge in [0.05, 0.1) is 5.02 Å². The van der Waals surface area contributed by atoms with Crippen molar-refractivity contribution < 1.29 is 22.7 Å². The molecular formula is C25H29ClF3N3O2. The molecule has 0 aliphatic carbocycles. The van der Waals surface area contributed by atoms with Gasteiger partial charge in [-0.25, -0.2) is 0 Å². The summed E-state index contributed by atoms with van der Waals surface area (Å²) in [6.45, 7) is 2.52. The van der Waals surface area contributed by atoms with Crippen molar-refractivity contribution in [2.45, 2.75) is 44.3 Å². The summed E-state index contributed by atoms with van der Waals surface area (Å²) in [6, 6.07) is 8.19. The first-order chi connectivity index (χ1) is 16.3. The highest BCUT2D eigenvalue weighted by Crippen LogP contribution is 2.31. The highest BCUT2D eigenvalue weighted by molar-refractivity contribution is 6.33. The van der Waals surface area contributed by atoms with E-state index in [9.17, 15) is 18.0 Å². The average Bonchev–Trinajstić information content (AvgIpc) is 2.84. The number of anilines is 1. The number of carbonyl (C=O) groups is 1. The topological polar surface area (TPSA) is 63.2 Å². The van der Waals surface area contributed by atoms with Gasteiger partial charge in [0.1, 0.15) is 11.8 Å². The predicted octanol–water partition coefficient (Wildman–Crippen LogP) is 5.28. The maximum absolute atomic E-state index is 12.9. The number of piperidine rings is 1. The van der Waals surface area contributed by atoms with Gasteiger partial charge in [-0.15, -0.1) is 0 Å². The van der Waals surface area contributed by atoms with Crippen LogP contribution in [0.5, 0.6) is 0 Å². The number of pyridine rings is 1. The maximum Gasteiger partial charge on any atom is 0.403 e. The van der Waals surface area contributed by atoms with Crippen molar-refractivity contribution in [2.75, 3.05) is 31.6 Å². The fourth-order valence-corrected chi connectivity index (χ4v) is 4.76. The summed E-state index contributed by atoms with van der Waals surface area (Å²) in [5.74, 6) is 0.0261. The Bertz CT molecular complexity index is 988. The van der Waals surface area contributed by atoms with E-state index in [1.54, 1.807) is 6.07 Å². The molecule has 0 unspecified atom stereocenters. The molecule has 4 rings (SSSR count). The number of ketones is 1. The van der Waals surface area contributed by atoms with Crippen LogP contribution >= 0.6 is 11.6 Å². The van der Waals surface area contributed by atoms with Crippen LogP contribution in [0.4, 0.5) is 18.9 Å². The number of carbonyl (C=O) groups excluding carboxylic acids is 1. The fraction of sp³-hybridized carbons (Fsp3) is 0.520. The van der Waals surface area contributed by atoms with Gasteiger partial charge in [0.15, 0.2) is 0 Å². The van der Waals surface area contributed by atoms with Crippen LogP contribution in [0.1, 0.15) is 31.4 Å². The van der Waals surface area contributed by atoms with Crippen molar-refractivity contribution in [2.24, 2.45) is 11.8 Å². The maximum atomic E-state index is 12.9. The highest BCUT2D eigenvalue weighted by atomic mass is 35.5. The standard InChI is InChI=1S/C25H29ClF3N3O2/c26-22-15-31-20(12-23(33)18-4-5-24(32-14-18)25(27,28)29)11-21(22)17-2-1-3-19(10-17)30-13-16-6-8-34-9-7-16/h1-3,10-11,15-16,18,24,30,32H,4-9,12-14H2/t18-,24+/m1/s1. The Morgan fingerprint density at radius 3 is 2.68 bits per heavy atom. The van der Waals surface area contributed by atoms with Gasteiger partial charge in [0, 0.05) is 61.8 Å². The zero-order valence-corrected chi connectivity index (χ0v) is 19.6. The molecule has 2 aliphatic rings. The predicted molar refractivity (Wildman–Crippen MR) is 126 cm³/mol. The second-order valence-corrected chi connectivity index (χ2v) is 9.50. The molecule has 2 aromatic rings. The van der Waals surface area contributed by atoms with E-state index in [1.807, 2.05) is 24.3 Å². The molecule has 9 heteroatoms. The lowest BCUT2D eigenvalue weighted by atomic mass is 9.89. The molecule has 0 amide bonds. The van der Waals surface area contributed by atoms with Gasteiger partial charge in [-0.3, -0.25) is 9.78 Å². The lowest BCUT2D eigenvalue weighted by molar-refractivity contribution is -0.163. The fourth-order valence-electron chi connectivity index (χ4n) is 4.54. The number of ether oxygens (including phenoxy) is 1. The third-order valence-corrected chi connectivity index (χ3v) is 6.94. The van der Waals surface area contributed by atoms with E-state index in [1.165, 1.54) is 6.20 Å². The zero-order valence-electron chi connectivity index (χ0n) is 18.8. The Kier molecular flexibility index (Phi) is 8.11. The monoisotopic (exact) mass is 495 g/mol. The summed E-state index contributed by atoms with van der Waals surface area (Å²) < 4.78 is 44.0. The molecule has 1 aromatic carbocycles. The molecule has 0 spiro atoms. The summed E-state index contributed by atoms with van der Waals surface area (Å²) in [5.41, 5.74) is 3.23. The third-order valence-electron chi connectivity index (χ3n) is 6.64. The van der Waals surface area contributed by atoms with Gasteiger partial charge >= 0.3 is 6.18 Å². The minimum atomic E-state index is -4.28. The van der Waals surface area contributed by atoms with Crippen LogP contribution in [-0.2, 0) is 16.0 Å². The minimum Gasteiger partial charge on any atom is -0.385 e. The van der Waals surface area contributed by atoms with Crippen molar-refractivity contribution in [3.05, 3.63) is 47.2 Å². The molecule has 2 aliphatic heterocycles. The van der Waals surface area contributed by atoms with Crippen LogP contribution in [0.15, 0.2) is 36.5 Å². The van der Waals surface area contributed by atoms with Gasteiger partial charge in [-0.05, 0) is 55.4 Å². The molecule has 2 N–H and O–H groups in total.